The minimum atomic E-state index is -3.61. The van der Waals surface area contributed by atoms with Crippen LogP contribution in [0.1, 0.15) is 5.56 Å². The number of benzene rings is 1. The second-order valence-electron chi connectivity index (χ2n) is 6.46. The van der Waals surface area contributed by atoms with E-state index in [2.05, 4.69) is 0 Å². The number of ketones is 2. The van der Waals surface area contributed by atoms with Gasteiger partial charge in [-0.05, 0) is 31.3 Å². The van der Waals surface area contributed by atoms with Gasteiger partial charge in [-0.25, -0.2) is 8.42 Å². The van der Waals surface area contributed by atoms with Crippen LogP contribution in [0, 0.1) is 5.92 Å². The van der Waals surface area contributed by atoms with Crippen LogP contribution in [0.5, 0.6) is 0 Å². The highest BCUT2D eigenvalue weighted by atomic mass is 32.2. The van der Waals surface area contributed by atoms with E-state index in [0.29, 0.717) is 12.1 Å². The summed E-state index contributed by atoms with van der Waals surface area (Å²) in [6.45, 7) is 0.376. The zero-order valence-corrected chi connectivity index (χ0v) is 14.9. The topological polar surface area (TPSA) is 74.8 Å². The Morgan fingerprint density at radius 3 is 2.44 bits per heavy atom. The number of hydrogen-bond donors (Lipinski definition) is 0. The molecule has 0 bridgehead atoms. The highest BCUT2D eigenvalue weighted by Gasteiger charge is 2.46. The molecular weight excluding hydrogens is 340 g/mol. The first-order valence-corrected chi connectivity index (χ1v) is 9.61. The molecule has 6 nitrogen and oxygen atoms in total. The molecule has 2 atom stereocenters. The van der Waals surface area contributed by atoms with E-state index < -0.39 is 33.5 Å². The second-order valence-corrected chi connectivity index (χ2v) is 8.45. The lowest BCUT2D eigenvalue weighted by Crippen LogP contribution is -2.44. The Kier molecular flexibility index (Phi) is 4.62. The fourth-order valence-corrected chi connectivity index (χ4v) is 4.75. The van der Waals surface area contributed by atoms with Crippen LogP contribution in [0.4, 0.5) is 0 Å². The van der Waals surface area contributed by atoms with Gasteiger partial charge in [0, 0.05) is 12.7 Å². The Bertz CT molecular complexity index is 856. The number of sulfonamides is 1. The lowest BCUT2D eigenvalue weighted by atomic mass is 9.82. The quantitative estimate of drug-likeness (QED) is 0.730. The summed E-state index contributed by atoms with van der Waals surface area (Å²) in [4.78, 5) is 26.1. The van der Waals surface area contributed by atoms with Crippen LogP contribution in [0.15, 0.2) is 48.7 Å². The van der Waals surface area contributed by atoms with Gasteiger partial charge in [-0.3, -0.25) is 13.9 Å². The lowest BCUT2D eigenvalue weighted by molar-refractivity contribution is -0.136. The van der Waals surface area contributed by atoms with Crippen molar-refractivity contribution >= 4 is 27.2 Å². The SMILES string of the molecule is CN(C)CCS(=O)(=O)N1C=C(c2ccccc2)C2C(=O)C(=O)C=CC21. The van der Waals surface area contributed by atoms with Gasteiger partial charge >= 0.3 is 0 Å². The van der Waals surface area contributed by atoms with E-state index in [9.17, 15) is 18.0 Å². The standard InChI is InChI=1S/C18H20N2O4S/c1-19(2)10-11-25(23,24)20-12-14(13-6-4-3-5-7-13)17-15(20)8-9-16(21)18(17)22/h3-9,12,15,17H,10-11H2,1-2H3. The monoisotopic (exact) mass is 360 g/mol. The summed E-state index contributed by atoms with van der Waals surface area (Å²) >= 11 is 0. The molecule has 2 aliphatic rings. The molecule has 0 saturated carbocycles. The van der Waals surface area contributed by atoms with Crippen LogP contribution in [0.2, 0.25) is 0 Å². The number of rotatable bonds is 5. The number of Topliss-reactive ketones (excluding diaryl/α,β-unsaturated/α-hetero) is 1. The van der Waals surface area contributed by atoms with Gasteiger partial charge in [-0.2, -0.15) is 0 Å². The second kappa shape index (κ2) is 6.57. The predicted molar refractivity (Wildman–Crippen MR) is 95.0 cm³/mol. The molecule has 1 aromatic rings. The van der Waals surface area contributed by atoms with Gasteiger partial charge in [0.1, 0.15) is 0 Å². The minimum absolute atomic E-state index is 0.0578. The van der Waals surface area contributed by atoms with Gasteiger partial charge < -0.3 is 4.90 Å². The molecule has 0 aromatic heterocycles. The summed E-state index contributed by atoms with van der Waals surface area (Å²) < 4.78 is 26.8. The fraction of sp³-hybridized carbons (Fsp3) is 0.333. The van der Waals surface area contributed by atoms with Crippen LogP contribution in [0.25, 0.3) is 5.57 Å². The molecule has 0 spiro atoms. The van der Waals surface area contributed by atoms with Crippen molar-refractivity contribution in [3.63, 3.8) is 0 Å². The zero-order chi connectivity index (χ0) is 18.2. The molecule has 0 fully saturated rings. The maximum absolute atomic E-state index is 12.8. The lowest BCUT2D eigenvalue weighted by Gasteiger charge is -2.28. The third kappa shape index (κ3) is 3.29. The Morgan fingerprint density at radius 2 is 1.80 bits per heavy atom. The predicted octanol–water partition coefficient (Wildman–Crippen LogP) is 0.927. The summed E-state index contributed by atoms with van der Waals surface area (Å²) in [6, 6.07) is 8.44. The molecule has 1 aliphatic heterocycles. The molecule has 132 valence electrons. The third-order valence-electron chi connectivity index (χ3n) is 4.43. The van der Waals surface area contributed by atoms with E-state index in [1.54, 1.807) is 19.0 Å². The van der Waals surface area contributed by atoms with Gasteiger partial charge in [-0.1, -0.05) is 36.4 Å². The maximum atomic E-state index is 12.8. The Morgan fingerprint density at radius 1 is 1.12 bits per heavy atom. The van der Waals surface area contributed by atoms with Crippen LogP contribution in [-0.2, 0) is 19.6 Å². The minimum Gasteiger partial charge on any atom is -0.308 e. The molecule has 0 N–H and O–H groups in total. The maximum Gasteiger partial charge on any atom is 0.236 e. The number of nitrogens with zero attached hydrogens (tertiary/aromatic N) is 2. The molecular formula is C18H20N2O4S. The molecule has 3 rings (SSSR count). The van der Waals surface area contributed by atoms with Crippen molar-refractivity contribution in [3.05, 3.63) is 54.2 Å². The Hall–Kier alpha value is -2.25. The average Bonchev–Trinajstić information content (AvgIpc) is 2.98. The van der Waals surface area contributed by atoms with E-state index >= 15 is 0 Å². The van der Waals surface area contributed by atoms with Crippen molar-refractivity contribution in [1.82, 2.24) is 9.21 Å². The summed E-state index contributed by atoms with van der Waals surface area (Å²) in [7, 11) is -0.00311. The first-order valence-electron chi connectivity index (χ1n) is 8.01. The van der Waals surface area contributed by atoms with Crippen LogP contribution >= 0.6 is 0 Å². The number of allylic oxidation sites excluding steroid dienone is 1. The van der Waals surface area contributed by atoms with Gasteiger partial charge in [0.2, 0.25) is 21.6 Å². The van der Waals surface area contributed by atoms with Crippen molar-refractivity contribution in [2.24, 2.45) is 5.92 Å². The van der Waals surface area contributed by atoms with E-state index in [-0.39, 0.29) is 5.75 Å². The summed E-state index contributed by atoms with van der Waals surface area (Å²) in [5, 5.41) is 0. The molecule has 2 unspecified atom stereocenters. The molecule has 0 saturated heterocycles. The van der Waals surface area contributed by atoms with E-state index in [4.69, 9.17) is 0 Å². The average molecular weight is 360 g/mol. The van der Waals surface area contributed by atoms with Crippen molar-refractivity contribution < 1.29 is 18.0 Å². The normalized spacial score (nSPS) is 23.2. The van der Waals surface area contributed by atoms with Gasteiger partial charge in [0.15, 0.2) is 0 Å². The van der Waals surface area contributed by atoms with Crippen molar-refractivity contribution in [2.45, 2.75) is 6.04 Å². The fourth-order valence-electron chi connectivity index (χ4n) is 3.10. The molecule has 25 heavy (non-hydrogen) atoms. The Balaban J connectivity index is 2.04. The van der Waals surface area contributed by atoms with Crippen LogP contribution in [-0.4, -0.2) is 61.6 Å². The highest BCUT2D eigenvalue weighted by Crippen LogP contribution is 2.40. The number of carbonyl (C=O) groups is 2. The molecule has 0 amide bonds. The molecule has 1 aliphatic carbocycles. The van der Waals surface area contributed by atoms with E-state index in [1.807, 2.05) is 30.3 Å². The summed E-state index contributed by atoms with van der Waals surface area (Å²) in [5.74, 6) is -1.99. The Labute approximate surface area is 147 Å². The zero-order valence-electron chi connectivity index (χ0n) is 14.1. The third-order valence-corrected chi connectivity index (χ3v) is 6.12. The van der Waals surface area contributed by atoms with Gasteiger partial charge in [0.05, 0.1) is 17.7 Å². The van der Waals surface area contributed by atoms with Crippen LogP contribution in [0.3, 0.4) is 0 Å². The molecule has 0 radical (unpaired) electrons. The number of hydrogen-bond acceptors (Lipinski definition) is 5. The van der Waals surface area contributed by atoms with Crippen LogP contribution < -0.4 is 0 Å². The summed E-state index contributed by atoms with van der Waals surface area (Å²) in [6.07, 6.45) is 4.21. The van der Waals surface area contributed by atoms with Crippen molar-refractivity contribution in [2.75, 3.05) is 26.4 Å². The van der Waals surface area contributed by atoms with E-state index in [0.717, 1.165) is 5.56 Å². The number of carbonyl (C=O) groups excluding carboxylic acids is 2. The molecule has 1 heterocycles. The summed E-state index contributed by atoms with van der Waals surface area (Å²) in [5.41, 5.74) is 1.32. The van der Waals surface area contributed by atoms with Gasteiger partial charge in [-0.15, -0.1) is 0 Å². The van der Waals surface area contributed by atoms with Crippen molar-refractivity contribution in [1.29, 1.82) is 0 Å². The van der Waals surface area contributed by atoms with E-state index in [1.165, 1.54) is 22.7 Å². The van der Waals surface area contributed by atoms with Gasteiger partial charge in [0.25, 0.3) is 0 Å². The van der Waals surface area contributed by atoms with Crippen molar-refractivity contribution in [3.8, 4) is 0 Å². The molecule has 1 aromatic carbocycles. The number of fused-ring (bicyclic) bond motifs is 1. The first-order chi connectivity index (χ1) is 11.8. The highest BCUT2D eigenvalue weighted by molar-refractivity contribution is 7.89. The largest absolute Gasteiger partial charge is 0.308 e. The first kappa shape index (κ1) is 17.6. The smallest absolute Gasteiger partial charge is 0.236 e. The molecule has 7 heteroatoms.